The van der Waals surface area contributed by atoms with E-state index in [4.69, 9.17) is 4.74 Å². The Bertz CT molecular complexity index is 1620. The molecule has 0 radical (unpaired) electrons. The molecule has 2 aromatic carbocycles. The number of amides is 2. The number of aromatic nitrogens is 3. The summed E-state index contributed by atoms with van der Waals surface area (Å²) in [5, 5.41) is 11.6. The molecule has 7 rings (SSSR count). The number of aromatic amines is 1. The second-order valence-corrected chi connectivity index (χ2v) is 11.1. The van der Waals surface area contributed by atoms with Gasteiger partial charge >= 0.3 is 0 Å². The maximum Gasteiger partial charge on any atom is 0.251 e. The number of nitrogens with one attached hydrogen (secondary N) is 2. The van der Waals surface area contributed by atoms with Crippen molar-refractivity contribution in [3.8, 4) is 17.0 Å². The molecule has 2 fully saturated rings. The van der Waals surface area contributed by atoms with Crippen LogP contribution in [-0.2, 0) is 4.79 Å². The fourth-order valence-electron chi connectivity index (χ4n) is 5.98. The van der Waals surface area contributed by atoms with E-state index in [0.717, 1.165) is 41.4 Å². The highest BCUT2D eigenvalue weighted by Gasteiger charge is 2.43. The zero-order chi connectivity index (χ0) is 27.3. The molecule has 1 unspecified atom stereocenters. The summed E-state index contributed by atoms with van der Waals surface area (Å²) in [6.45, 7) is 1.17. The molecule has 9 heteroatoms. The van der Waals surface area contributed by atoms with E-state index in [-0.39, 0.29) is 17.7 Å². The van der Waals surface area contributed by atoms with Crippen LogP contribution in [0, 0.1) is 5.92 Å². The van der Waals surface area contributed by atoms with Crippen LogP contribution in [-0.4, -0.2) is 56.9 Å². The van der Waals surface area contributed by atoms with Crippen LogP contribution in [0.3, 0.4) is 0 Å². The molecular formula is C31H29N5O4. The second kappa shape index (κ2) is 9.59. The lowest BCUT2D eigenvalue weighted by Gasteiger charge is -2.43. The lowest BCUT2D eigenvalue weighted by atomic mass is 9.82. The Kier molecular flexibility index (Phi) is 5.87. The van der Waals surface area contributed by atoms with Gasteiger partial charge < -0.3 is 15.0 Å². The maximum absolute atomic E-state index is 13.3. The second-order valence-electron chi connectivity index (χ2n) is 11.1. The number of fused-ring (bicyclic) bond motifs is 2. The fourth-order valence-corrected chi connectivity index (χ4v) is 5.98. The van der Waals surface area contributed by atoms with Gasteiger partial charge in [0.05, 0.1) is 34.9 Å². The summed E-state index contributed by atoms with van der Waals surface area (Å²) in [4.78, 5) is 43.9. The van der Waals surface area contributed by atoms with Crippen molar-refractivity contribution in [3.63, 3.8) is 0 Å². The number of hydrogen-bond acceptors (Lipinski definition) is 6. The van der Waals surface area contributed by atoms with Gasteiger partial charge in [0.1, 0.15) is 11.4 Å². The average molecular weight is 536 g/mol. The van der Waals surface area contributed by atoms with Crippen LogP contribution in [0.4, 0.5) is 0 Å². The molecule has 2 amide bonds. The van der Waals surface area contributed by atoms with Crippen LogP contribution < -0.4 is 10.1 Å². The van der Waals surface area contributed by atoms with Crippen LogP contribution in [0.2, 0.25) is 0 Å². The van der Waals surface area contributed by atoms with Gasteiger partial charge in [-0.25, -0.2) is 0 Å². The van der Waals surface area contributed by atoms with Crippen molar-refractivity contribution in [3.05, 3.63) is 77.6 Å². The van der Waals surface area contributed by atoms with E-state index < -0.39 is 5.60 Å². The average Bonchev–Trinajstić information content (AvgIpc) is 3.74. The zero-order valence-electron chi connectivity index (χ0n) is 21.9. The molecule has 202 valence electrons. The number of H-pyrrole nitrogens is 1. The van der Waals surface area contributed by atoms with E-state index in [1.165, 1.54) is 0 Å². The SMILES string of the molecule is O=CN1CCC2(CC1)CC(=O)c1cc(-c3n[nH]c4ccc(C(=O)NC(c5ccccn5)C5CC5)cc34)ccc1O2. The third-order valence-electron chi connectivity index (χ3n) is 8.43. The number of carbonyl (C=O) groups excluding carboxylic acids is 3. The first kappa shape index (κ1) is 24.5. The van der Waals surface area contributed by atoms with Gasteiger partial charge in [-0.05, 0) is 67.3 Å². The molecule has 1 saturated heterocycles. The van der Waals surface area contributed by atoms with Crippen molar-refractivity contribution in [2.45, 2.75) is 43.7 Å². The number of benzene rings is 2. The topological polar surface area (TPSA) is 117 Å². The van der Waals surface area contributed by atoms with Crippen molar-refractivity contribution in [2.75, 3.05) is 13.1 Å². The number of carbonyl (C=O) groups is 3. The first-order valence-corrected chi connectivity index (χ1v) is 13.8. The standard InChI is InChI=1S/C31H29N5O4/c37-18-36-13-10-31(11-14-36)17-26(38)23-15-20(7-9-27(23)40-31)28-22-16-21(6-8-24(22)34-35-28)30(39)33-29(19-4-5-19)25-3-1-2-12-32-25/h1-3,6-9,12,15-16,18-19,29H,4-5,10-11,13-14,17H2,(H,33,39)(H,34,35). The number of Topliss-reactive ketones (excluding diaryl/α,β-unsaturated/α-hetero) is 1. The van der Waals surface area contributed by atoms with Gasteiger partial charge in [0.25, 0.3) is 5.91 Å². The molecule has 0 bridgehead atoms. The lowest BCUT2D eigenvalue weighted by molar-refractivity contribution is -0.121. The number of hydrogen-bond donors (Lipinski definition) is 2. The van der Waals surface area contributed by atoms with Crippen LogP contribution in [0.5, 0.6) is 5.75 Å². The first-order valence-electron chi connectivity index (χ1n) is 13.8. The minimum absolute atomic E-state index is 0.0307. The molecule has 2 aromatic heterocycles. The zero-order valence-corrected chi connectivity index (χ0v) is 21.9. The minimum atomic E-state index is -0.556. The van der Waals surface area contributed by atoms with Gasteiger partial charge in [-0.15, -0.1) is 0 Å². The molecule has 9 nitrogen and oxygen atoms in total. The van der Waals surface area contributed by atoms with Crippen LogP contribution in [0.1, 0.15) is 64.6 Å². The predicted octanol–water partition coefficient (Wildman–Crippen LogP) is 4.46. The predicted molar refractivity (Wildman–Crippen MR) is 148 cm³/mol. The summed E-state index contributed by atoms with van der Waals surface area (Å²) < 4.78 is 6.38. The third-order valence-corrected chi connectivity index (χ3v) is 8.43. The summed E-state index contributed by atoms with van der Waals surface area (Å²) in [6, 6.07) is 16.7. The van der Waals surface area contributed by atoms with Gasteiger partial charge in [0, 0.05) is 48.6 Å². The Morgan fingerprint density at radius 1 is 1.12 bits per heavy atom. The van der Waals surface area contributed by atoms with Crippen molar-refractivity contribution < 1.29 is 19.1 Å². The van der Waals surface area contributed by atoms with Gasteiger partial charge in [-0.3, -0.25) is 24.5 Å². The molecule has 1 aliphatic carbocycles. The molecule has 1 spiro atoms. The summed E-state index contributed by atoms with van der Waals surface area (Å²) in [6.07, 6.45) is 6.32. The Balaban J connectivity index is 1.16. The van der Waals surface area contributed by atoms with Gasteiger partial charge in [-0.1, -0.05) is 6.07 Å². The number of ether oxygens (including phenoxy) is 1. The normalized spacial score (nSPS) is 18.7. The number of piperidine rings is 1. The van der Waals surface area contributed by atoms with Crippen molar-refractivity contribution in [1.82, 2.24) is 25.4 Å². The van der Waals surface area contributed by atoms with Crippen molar-refractivity contribution in [1.29, 1.82) is 0 Å². The smallest absolute Gasteiger partial charge is 0.251 e. The molecular weight excluding hydrogens is 506 g/mol. The highest BCUT2D eigenvalue weighted by molar-refractivity contribution is 6.04. The first-order chi connectivity index (χ1) is 19.5. The van der Waals surface area contributed by atoms with Crippen LogP contribution in [0.15, 0.2) is 60.8 Å². The maximum atomic E-state index is 13.3. The molecule has 2 aliphatic heterocycles. The van der Waals surface area contributed by atoms with Gasteiger partial charge in [0.2, 0.25) is 6.41 Å². The summed E-state index contributed by atoms with van der Waals surface area (Å²) >= 11 is 0. The molecule has 1 saturated carbocycles. The van der Waals surface area contributed by atoms with Crippen LogP contribution in [0.25, 0.3) is 22.2 Å². The Hall–Kier alpha value is -4.53. The molecule has 3 aliphatic rings. The lowest BCUT2D eigenvalue weighted by Crippen LogP contribution is -2.50. The van der Waals surface area contributed by atoms with Gasteiger partial charge in [0.15, 0.2) is 5.78 Å². The van der Waals surface area contributed by atoms with E-state index in [0.29, 0.717) is 60.8 Å². The number of likely N-dealkylation sites (tertiary alicyclic amines) is 1. The largest absolute Gasteiger partial charge is 0.486 e. The summed E-state index contributed by atoms with van der Waals surface area (Å²) in [5.74, 6) is 0.846. The molecule has 4 aromatic rings. The summed E-state index contributed by atoms with van der Waals surface area (Å²) in [5.41, 5.74) is 3.64. The van der Waals surface area contributed by atoms with Gasteiger partial charge in [-0.2, -0.15) is 5.10 Å². The van der Waals surface area contributed by atoms with E-state index in [2.05, 4.69) is 20.5 Å². The molecule has 1 atom stereocenters. The molecule has 40 heavy (non-hydrogen) atoms. The number of nitrogens with zero attached hydrogens (tertiary/aromatic N) is 3. The van der Waals surface area contributed by atoms with E-state index in [9.17, 15) is 14.4 Å². The van der Waals surface area contributed by atoms with Crippen molar-refractivity contribution >= 4 is 29.0 Å². The molecule has 4 heterocycles. The van der Waals surface area contributed by atoms with Crippen molar-refractivity contribution in [2.24, 2.45) is 5.92 Å². The highest BCUT2D eigenvalue weighted by atomic mass is 16.5. The van der Waals surface area contributed by atoms with Crippen LogP contribution >= 0.6 is 0 Å². The fraction of sp³-hybridized carbons (Fsp3) is 0.323. The number of ketones is 1. The number of pyridine rings is 1. The van der Waals surface area contributed by atoms with E-state index in [1.807, 2.05) is 48.5 Å². The number of rotatable bonds is 6. The quantitative estimate of drug-likeness (QED) is 0.352. The Labute approximate surface area is 230 Å². The van der Waals surface area contributed by atoms with E-state index in [1.54, 1.807) is 17.2 Å². The molecule has 2 N–H and O–H groups in total. The Morgan fingerprint density at radius 3 is 2.73 bits per heavy atom. The van der Waals surface area contributed by atoms with E-state index >= 15 is 0 Å². The minimum Gasteiger partial charge on any atom is -0.486 e. The summed E-state index contributed by atoms with van der Waals surface area (Å²) in [7, 11) is 0. The Morgan fingerprint density at radius 2 is 1.98 bits per heavy atom. The third kappa shape index (κ3) is 4.41. The highest BCUT2D eigenvalue weighted by Crippen LogP contribution is 2.42. The monoisotopic (exact) mass is 535 g/mol.